The molecule has 0 aliphatic rings. The molecule has 0 saturated heterocycles. The summed E-state index contributed by atoms with van der Waals surface area (Å²) < 4.78 is 16.1. The molecule has 33 heavy (non-hydrogen) atoms. The third-order valence-electron chi connectivity index (χ3n) is 4.83. The number of hydrogen-bond acceptors (Lipinski definition) is 5. The zero-order valence-electron chi connectivity index (χ0n) is 18.5. The standard InChI is InChI=1S/C26H23ClN2O4/c1-17-4-8-21(14-23(17)27)29-26(30)16-33-22-9-5-18(6-10-22)12-20(15-28)19-7-11-24(31-2)25(13-19)32-3/h4-14H,16H2,1-3H3,(H,29,30)/b20-12+. The Morgan fingerprint density at radius 3 is 2.39 bits per heavy atom. The smallest absolute Gasteiger partial charge is 0.262 e. The first kappa shape index (κ1) is 23.7. The molecule has 1 N–H and O–H groups in total. The first-order valence-electron chi connectivity index (χ1n) is 10.1. The lowest BCUT2D eigenvalue weighted by molar-refractivity contribution is -0.118. The highest BCUT2D eigenvalue weighted by atomic mass is 35.5. The zero-order valence-corrected chi connectivity index (χ0v) is 19.3. The lowest BCUT2D eigenvalue weighted by Gasteiger charge is -2.10. The summed E-state index contributed by atoms with van der Waals surface area (Å²) in [7, 11) is 3.11. The molecule has 0 radical (unpaired) electrons. The third-order valence-corrected chi connectivity index (χ3v) is 5.24. The Labute approximate surface area is 198 Å². The maximum absolute atomic E-state index is 12.1. The van der Waals surface area contributed by atoms with Crippen LogP contribution in [0.3, 0.4) is 0 Å². The second-order valence-electron chi connectivity index (χ2n) is 7.11. The number of hydrogen-bond donors (Lipinski definition) is 1. The first-order valence-corrected chi connectivity index (χ1v) is 10.4. The number of methoxy groups -OCH3 is 2. The van der Waals surface area contributed by atoms with Gasteiger partial charge >= 0.3 is 0 Å². The Kier molecular flexibility index (Phi) is 7.96. The van der Waals surface area contributed by atoms with Gasteiger partial charge in [-0.1, -0.05) is 29.8 Å². The molecular formula is C26H23ClN2O4. The zero-order chi connectivity index (χ0) is 23.8. The Bertz CT molecular complexity index is 1210. The van der Waals surface area contributed by atoms with Crippen molar-refractivity contribution in [2.75, 3.05) is 26.1 Å². The van der Waals surface area contributed by atoms with Gasteiger partial charge in [0.2, 0.25) is 0 Å². The fraction of sp³-hybridized carbons (Fsp3) is 0.154. The van der Waals surface area contributed by atoms with Gasteiger partial charge in [-0.05, 0) is 72.2 Å². The highest BCUT2D eigenvalue weighted by Gasteiger charge is 2.09. The minimum absolute atomic E-state index is 0.143. The molecule has 0 saturated carbocycles. The Hall–Kier alpha value is -3.95. The van der Waals surface area contributed by atoms with Gasteiger partial charge in [0.25, 0.3) is 5.91 Å². The Balaban J connectivity index is 1.64. The van der Waals surface area contributed by atoms with Crippen molar-refractivity contribution in [2.45, 2.75) is 6.92 Å². The van der Waals surface area contributed by atoms with Gasteiger partial charge in [-0.15, -0.1) is 0 Å². The van der Waals surface area contributed by atoms with Gasteiger partial charge in [0.05, 0.1) is 25.9 Å². The fourth-order valence-electron chi connectivity index (χ4n) is 3.03. The van der Waals surface area contributed by atoms with Gasteiger partial charge < -0.3 is 19.5 Å². The number of aryl methyl sites for hydroxylation is 1. The minimum Gasteiger partial charge on any atom is -0.493 e. The van der Waals surface area contributed by atoms with Crippen molar-refractivity contribution in [3.63, 3.8) is 0 Å². The van der Waals surface area contributed by atoms with Gasteiger partial charge in [0.15, 0.2) is 18.1 Å². The molecule has 7 heteroatoms. The normalized spacial score (nSPS) is 10.8. The monoisotopic (exact) mass is 462 g/mol. The predicted molar refractivity (Wildman–Crippen MR) is 130 cm³/mol. The molecule has 3 rings (SSSR count). The number of nitrogens with one attached hydrogen (secondary N) is 1. The third kappa shape index (κ3) is 6.28. The van der Waals surface area contributed by atoms with Gasteiger partial charge in [0.1, 0.15) is 5.75 Å². The molecule has 0 aromatic heterocycles. The molecule has 0 aliphatic carbocycles. The van der Waals surface area contributed by atoms with Gasteiger partial charge in [-0.3, -0.25) is 4.79 Å². The summed E-state index contributed by atoms with van der Waals surface area (Å²) in [6.07, 6.45) is 1.76. The highest BCUT2D eigenvalue weighted by molar-refractivity contribution is 6.31. The molecule has 0 fully saturated rings. The maximum atomic E-state index is 12.1. The molecule has 0 atom stereocenters. The molecule has 0 spiro atoms. The molecule has 168 valence electrons. The van der Waals surface area contributed by atoms with Crippen LogP contribution in [-0.2, 0) is 4.79 Å². The summed E-state index contributed by atoms with van der Waals surface area (Å²) in [5, 5.41) is 12.9. The molecule has 3 aromatic carbocycles. The van der Waals surface area contributed by atoms with Crippen LogP contribution < -0.4 is 19.5 Å². The molecule has 6 nitrogen and oxygen atoms in total. The van der Waals surface area contributed by atoms with Gasteiger partial charge in [-0.2, -0.15) is 5.26 Å². The van der Waals surface area contributed by atoms with E-state index in [1.165, 1.54) is 0 Å². The van der Waals surface area contributed by atoms with Crippen LogP contribution in [0.4, 0.5) is 5.69 Å². The van der Waals surface area contributed by atoms with Crippen LogP contribution in [0.1, 0.15) is 16.7 Å². The highest BCUT2D eigenvalue weighted by Crippen LogP contribution is 2.31. The van der Waals surface area contributed by atoms with Crippen molar-refractivity contribution in [1.82, 2.24) is 0 Å². The van der Waals surface area contributed by atoms with E-state index in [1.807, 2.05) is 25.1 Å². The largest absolute Gasteiger partial charge is 0.493 e. The van der Waals surface area contributed by atoms with Crippen LogP contribution in [0.15, 0.2) is 60.7 Å². The number of ether oxygens (including phenoxy) is 3. The van der Waals surface area contributed by atoms with Crippen molar-refractivity contribution in [3.8, 4) is 23.3 Å². The topological polar surface area (TPSA) is 80.6 Å². The summed E-state index contributed by atoms with van der Waals surface area (Å²) >= 11 is 6.08. The number of anilines is 1. The predicted octanol–water partition coefficient (Wildman–Crippen LogP) is 5.75. The number of nitriles is 1. The van der Waals surface area contributed by atoms with E-state index in [-0.39, 0.29) is 12.5 Å². The number of carbonyl (C=O) groups excluding carboxylic acids is 1. The Morgan fingerprint density at radius 1 is 1.03 bits per heavy atom. The number of benzene rings is 3. The number of amides is 1. The molecule has 0 unspecified atom stereocenters. The average molecular weight is 463 g/mol. The van der Waals surface area contributed by atoms with Crippen molar-refractivity contribution >= 4 is 34.8 Å². The summed E-state index contributed by atoms with van der Waals surface area (Å²) in [6, 6.07) is 19.9. The van der Waals surface area contributed by atoms with E-state index in [4.69, 9.17) is 25.8 Å². The van der Waals surface area contributed by atoms with Gasteiger partial charge in [0, 0.05) is 10.7 Å². The first-order chi connectivity index (χ1) is 15.9. The van der Waals surface area contributed by atoms with E-state index in [0.717, 1.165) is 11.1 Å². The number of carbonyl (C=O) groups is 1. The van der Waals surface area contributed by atoms with Crippen LogP contribution in [0.25, 0.3) is 11.6 Å². The summed E-state index contributed by atoms with van der Waals surface area (Å²) in [4.78, 5) is 12.1. The SMILES string of the molecule is COc1ccc(/C(C#N)=C/c2ccc(OCC(=O)Nc3ccc(C)c(Cl)c3)cc2)cc1OC. The quantitative estimate of drug-likeness (QED) is 0.340. The number of allylic oxidation sites excluding steroid dienone is 1. The summed E-state index contributed by atoms with van der Waals surface area (Å²) in [6.45, 7) is 1.75. The van der Waals surface area contributed by atoms with Crippen LogP contribution in [-0.4, -0.2) is 26.7 Å². The van der Waals surface area contributed by atoms with Gasteiger partial charge in [-0.25, -0.2) is 0 Å². The summed E-state index contributed by atoms with van der Waals surface area (Å²) in [5.41, 5.74) is 3.54. The van der Waals surface area contributed by atoms with E-state index < -0.39 is 0 Å². The van der Waals surface area contributed by atoms with E-state index in [1.54, 1.807) is 62.8 Å². The van der Waals surface area contributed by atoms with Crippen molar-refractivity contribution in [3.05, 3.63) is 82.4 Å². The maximum Gasteiger partial charge on any atom is 0.262 e. The van der Waals surface area contributed by atoms with E-state index in [9.17, 15) is 10.1 Å². The van der Waals surface area contributed by atoms with Crippen molar-refractivity contribution in [1.29, 1.82) is 5.26 Å². The molecule has 3 aromatic rings. The minimum atomic E-state index is -0.292. The van der Waals surface area contributed by atoms with Crippen LogP contribution >= 0.6 is 11.6 Å². The lowest BCUT2D eigenvalue weighted by atomic mass is 10.0. The van der Waals surface area contributed by atoms with E-state index >= 15 is 0 Å². The molecular weight excluding hydrogens is 440 g/mol. The second-order valence-corrected chi connectivity index (χ2v) is 7.52. The number of nitrogens with zero attached hydrogens (tertiary/aromatic N) is 1. The summed E-state index contributed by atoms with van der Waals surface area (Å²) in [5.74, 6) is 1.38. The van der Waals surface area contributed by atoms with Crippen molar-refractivity contribution in [2.24, 2.45) is 0 Å². The van der Waals surface area contributed by atoms with E-state index in [0.29, 0.717) is 39.1 Å². The van der Waals surface area contributed by atoms with Crippen LogP contribution in [0, 0.1) is 18.3 Å². The van der Waals surface area contributed by atoms with E-state index in [2.05, 4.69) is 11.4 Å². The average Bonchev–Trinajstić information content (AvgIpc) is 2.83. The Morgan fingerprint density at radius 2 is 1.76 bits per heavy atom. The molecule has 0 heterocycles. The lowest BCUT2D eigenvalue weighted by Crippen LogP contribution is -2.20. The molecule has 0 aliphatic heterocycles. The molecule has 1 amide bonds. The van der Waals surface area contributed by atoms with Crippen molar-refractivity contribution < 1.29 is 19.0 Å². The van der Waals surface area contributed by atoms with Crippen LogP contribution in [0.2, 0.25) is 5.02 Å². The second kappa shape index (κ2) is 11.1. The van der Waals surface area contributed by atoms with Crippen LogP contribution in [0.5, 0.6) is 17.2 Å². The fourth-order valence-corrected chi connectivity index (χ4v) is 3.21. The number of halogens is 1. The molecule has 0 bridgehead atoms. The number of rotatable bonds is 8.